The van der Waals surface area contributed by atoms with Crippen LogP contribution in [-0.2, 0) is 4.79 Å². The van der Waals surface area contributed by atoms with Gasteiger partial charge in [-0.15, -0.1) is 0 Å². The Hall–Kier alpha value is -1.02. The van der Waals surface area contributed by atoms with Gasteiger partial charge in [0.25, 0.3) is 0 Å². The third-order valence-electron chi connectivity index (χ3n) is 3.86. The van der Waals surface area contributed by atoms with E-state index in [0.29, 0.717) is 12.2 Å². The van der Waals surface area contributed by atoms with Crippen molar-refractivity contribution in [1.29, 1.82) is 0 Å². The molecular formula is C14H17ClO2. The van der Waals surface area contributed by atoms with Crippen LogP contribution in [0, 0.1) is 12.3 Å². The molecule has 0 amide bonds. The van der Waals surface area contributed by atoms with Crippen molar-refractivity contribution >= 4 is 17.4 Å². The maximum Gasteiger partial charge on any atom is 0.146 e. The Morgan fingerprint density at radius 1 is 1.53 bits per heavy atom. The lowest BCUT2D eigenvalue weighted by molar-refractivity contribution is -0.150. The number of benzene rings is 1. The van der Waals surface area contributed by atoms with Crippen molar-refractivity contribution in [3.63, 3.8) is 0 Å². The van der Waals surface area contributed by atoms with Gasteiger partial charge in [0.05, 0.1) is 5.41 Å². The Morgan fingerprint density at radius 3 is 2.76 bits per heavy atom. The molecule has 17 heavy (non-hydrogen) atoms. The average molecular weight is 253 g/mol. The average Bonchev–Trinajstić information content (AvgIpc) is 2.32. The molecule has 0 heterocycles. The number of rotatable bonds is 3. The van der Waals surface area contributed by atoms with Crippen molar-refractivity contribution in [2.75, 3.05) is 0 Å². The summed E-state index contributed by atoms with van der Waals surface area (Å²) in [6, 6.07) is 5.60. The van der Waals surface area contributed by atoms with Crippen LogP contribution in [0.5, 0.6) is 5.75 Å². The summed E-state index contributed by atoms with van der Waals surface area (Å²) in [5.74, 6) is 1.10. The van der Waals surface area contributed by atoms with E-state index in [-0.39, 0.29) is 11.5 Å². The minimum atomic E-state index is -0.312. The SMILES string of the molecule is CCC1(C)C(=O)CC1Oc1ccc(Cl)c(C)c1. The molecule has 2 nitrogen and oxygen atoms in total. The van der Waals surface area contributed by atoms with E-state index in [1.165, 1.54) is 0 Å². The molecule has 3 heteroatoms. The number of Topliss-reactive ketones (excluding diaryl/α,β-unsaturated/α-hetero) is 1. The van der Waals surface area contributed by atoms with Crippen molar-refractivity contribution in [2.45, 2.75) is 39.7 Å². The zero-order valence-electron chi connectivity index (χ0n) is 10.4. The first-order valence-electron chi connectivity index (χ1n) is 5.93. The summed E-state index contributed by atoms with van der Waals surface area (Å²) in [5.41, 5.74) is 0.682. The van der Waals surface area contributed by atoms with Crippen LogP contribution in [0.15, 0.2) is 18.2 Å². The molecule has 0 N–H and O–H groups in total. The second-order valence-electron chi connectivity index (χ2n) is 4.92. The fourth-order valence-corrected chi connectivity index (χ4v) is 2.24. The number of ketones is 1. The highest BCUT2D eigenvalue weighted by molar-refractivity contribution is 6.31. The lowest BCUT2D eigenvalue weighted by Gasteiger charge is -2.44. The Morgan fingerprint density at radius 2 is 2.24 bits per heavy atom. The van der Waals surface area contributed by atoms with E-state index in [2.05, 4.69) is 0 Å². The Balaban J connectivity index is 2.12. The third-order valence-corrected chi connectivity index (χ3v) is 4.28. The molecule has 1 saturated carbocycles. The highest BCUT2D eigenvalue weighted by Gasteiger charge is 2.51. The van der Waals surface area contributed by atoms with Crippen molar-refractivity contribution in [3.8, 4) is 5.75 Å². The molecule has 1 fully saturated rings. The Labute approximate surface area is 107 Å². The molecule has 0 aromatic heterocycles. The smallest absolute Gasteiger partial charge is 0.146 e. The van der Waals surface area contributed by atoms with Gasteiger partial charge in [-0.1, -0.05) is 18.5 Å². The first-order valence-corrected chi connectivity index (χ1v) is 6.31. The minimum absolute atomic E-state index is 0.000533. The zero-order valence-corrected chi connectivity index (χ0v) is 11.2. The lowest BCUT2D eigenvalue weighted by Crippen LogP contribution is -2.54. The van der Waals surface area contributed by atoms with Gasteiger partial charge in [-0.25, -0.2) is 0 Å². The molecule has 2 unspecified atom stereocenters. The summed E-state index contributed by atoms with van der Waals surface area (Å²) in [6.45, 7) is 5.95. The normalized spacial score (nSPS) is 27.8. The Kier molecular flexibility index (Phi) is 3.17. The molecule has 92 valence electrons. The second-order valence-corrected chi connectivity index (χ2v) is 5.32. The number of halogens is 1. The zero-order chi connectivity index (χ0) is 12.6. The predicted molar refractivity (Wildman–Crippen MR) is 68.6 cm³/mol. The summed E-state index contributed by atoms with van der Waals surface area (Å²) < 4.78 is 5.88. The number of carbonyl (C=O) groups is 1. The molecule has 1 aromatic carbocycles. The van der Waals surface area contributed by atoms with Crippen LogP contribution in [0.1, 0.15) is 32.3 Å². The van der Waals surface area contributed by atoms with E-state index in [1.54, 1.807) is 0 Å². The van der Waals surface area contributed by atoms with Gasteiger partial charge < -0.3 is 4.74 Å². The molecule has 0 bridgehead atoms. The summed E-state index contributed by atoms with van der Waals surface area (Å²) in [4.78, 5) is 11.6. The van der Waals surface area contributed by atoms with Gasteiger partial charge in [-0.2, -0.15) is 0 Å². The van der Waals surface area contributed by atoms with Gasteiger partial charge in [0.15, 0.2) is 0 Å². The van der Waals surface area contributed by atoms with E-state index < -0.39 is 0 Å². The predicted octanol–water partition coefficient (Wildman–Crippen LogP) is 3.78. The van der Waals surface area contributed by atoms with Crippen molar-refractivity contribution in [1.82, 2.24) is 0 Å². The van der Waals surface area contributed by atoms with Crippen molar-refractivity contribution in [3.05, 3.63) is 28.8 Å². The summed E-state index contributed by atoms with van der Waals surface area (Å²) in [6.07, 6.45) is 1.34. The van der Waals surface area contributed by atoms with Gasteiger partial charge in [-0.05, 0) is 44.0 Å². The first-order chi connectivity index (χ1) is 7.97. The molecular weight excluding hydrogens is 236 g/mol. The maximum absolute atomic E-state index is 11.6. The molecule has 1 aliphatic carbocycles. The maximum atomic E-state index is 11.6. The van der Waals surface area contributed by atoms with Crippen LogP contribution in [0.3, 0.4) is 0 Å². The fourth-order valence-electron chi connectivity index (χ4n) is 2.13. The molecule has 1 aliphatic rings. The fraction of sp³-hybridized carbons (Fsp3) is 0.500. The number of aryl methyl sites for hydroxylation is 1. The first kappa shape index (κ1) is 12.4. The molecule has 0 spiro atoms. The number of carbonyl (C=O) groups excluding carboxylic acids is 1. The van der Waals surface area contributed by atoms with Gasteiger partial charge in [0.1, 0.15) is 17.6 Å². The van der Waals surface area contributed by atoms with Crippen LogP contribution >= 0.6 is 11.6 Å². The number of ether oxygens (including phenoxy) is 1. The highest BCUT2D eigenvalue weighted by atomic mass is 35.5. The van der Waals surface area contributed by atoms with E-state index in [1.807, 2.05) is 39.0 Å². The molecule has 1 aromatic rings. The van der Waals surface area contributed by atoms with Crippen LogP contribution in [0.2, 0.25) is 5.02 Å². The van der Waals surface area contributed by atoms with E-state index in [0.717, 1.165) is 22.8 Å². The number of hydrogen-bond acceptors (Lipinski definition) is 2. The quantitative estimate of drug-likeness (QED) is 0.818. The highest BCUT2D eigenvalue weighted by Crippen LogP contribution is 2.42. The minimum Gasteiger partial charge on any atom is -0.489 e. The van der Waals surface area contributed by atoms with Gasteiger partial charge in [0.2, 0.25) is 0 Å². The number of hydrogen-bond donors (Lipinski definition) is 0. The third kappa shape index (κ3) is 2.06. The van der Waals surface area contributed by atoms with Crippen LogP contribution in [0.4, 0.5) is 0 Å². The molecule has 0 aliphatic heterocycles. The second kappa shape index (κ2) is 4.34. The lowest BCUT2D eigenvalue weighted by atomic mass is 9.64. The topological polar surface area (TPSA) is 26.3 Å². The van der Waals surface area contributed by atoms with Crippen LogP contribution < -0.4 is 4.74 Å². The van der Waals surface area contributed by atoms with Crippen molar-refractivity contribution in [2.24, 2.45) is 5.41 Å². The standard InChI is InChI=1S/C14H17ClO2/c1-4-14(3)12(16)8-13(14)17-10-5-6-11(15)9(2)7-10/h5-7,13H,4,8H2,1-3H3. The Bertz CT molecular complexity index is 456. The van der Waals surface area contributed by atoms with Crippen LogP contribution in [-0.4, -0.2) is 11.9 Å². The molecule has 2 atom stereocenters. The summed E-state index contributed by atoms with van der Waals surface area (Å²) in [5, 5.41) is 0.736. The monoisotopic (exact) mass is 252 g/mol. The van der Waals surface area contributed by atoms with Crippen LogP contribution in [0.25, 0.3) is 0 Å². The van der Waals surface area contributed by atoms with E-state index >= 15 is 0 Å². The van der Waals surface area contributed by atoms with Gasteiger partial charge >= 0.3 is 0 Å². The molecule has 2 rings (SSSR count). The van der Waals surface area contributed by atoms with Gasteiger partial charge in [-0.3, -0.25) is 4.79 Å². The summed E-state index contributed by atoms with van der Waals surface area (Å²) in [7, 11) is 0. The molecule has 0 radical (unpaired) electrons. The van der Waals surface area contributed by atoms with E-state index in [4.69, 9.17) is 16.3 Å². The molecule has 0 saturated heterocycles. The van der Waals surface area contributed by atoms with Gasteiger partial charge in [0, 0.05) is 11.4 Å². The summed E-state index contributed by atoms with van der Waals surface area (Å²) >= 11 is 5.96. The van der Waals surface area contributed by atoms with Crippen molar-refractivity contribution < 1.29 is 9.53 Å². The largest absolute Gasteiger partial charge is 0.489 e. The van der Waals surface area contributed by atoms with E-state index in [9.17, 15) is 4.79 Å².